The summed E-state index contributed by atoms with van der Waals surface area (Å²) in [6.07, 6.45) is 1.69. The van der Waals surface area contributed by atoms with Crippen molar-refractivity contribution in [2.24, 2.45) is 0 Å². The average molecular weight is 467 g/mol. The Hall–Kier alpha value is -3.22. The van der Waals surface area contributed by atoms with Gasteiger partial charge in [0.15, 0.2) is 11.6 Å². The largest absolute Gasteiger partial charge is 0.484 e. The highest BCUT2D eigenvalue weighted by Crippen LogP contribution is 2.28. The van der Waals surface area contributed by atoms with Gasteiger partial charge in [-0.05, 0) is 42.3 Å². The van der Waals surface area contributed by atoms with Gasteiger partial charge in [-0.2, -0.15) is 0 Å². The molecule has 8 heteroatoms. The summed E-state index contributed by atoms with van der Waals surface area (Å²) >= 11 is 0. The van der Waals surface area contributed by atoms with Crippen LogP contribution in [0.25, 0.3) is 11.1 Å². The number of aliphatic hydroxyl groups excluding tert-OH is 3. The van der Waals surface area contributed by atoms with Crippen molar-refractivity contribution >= 4 is 0 Å². The summed E-state index contributed by atoms with van der Waals surface area (Å²) in [6.45, 7) is 2.04. The number of hydrogen-bond donors (Lipinski definition) is 3. The van der Waals surface area contributed by atoms with Crippen LogP contribution in [-0.2, 0) is 4.74 Å². The average Bonchev–Trinajstić information content (AvgIpc) is 3.33. The Morgan fingerprint density at radius 1 is 1.24 bits per heavy atom. The zero-order valence-electron chi connectivity index (χ0n) is 18.8. The van der Waals surface area contributed by atoms with Gasteiger partial charge in [-0.3, -0.25) is 0 Å². The number of benzene rings is 2. The minimum atomic E-state index is -0.778. The second-order valence-electron chi connectivity index (χ2n) is 8.15. The van der Waals surface area contributed by atoms with Crippen molar-refractivity contribution in [1.82, 2.24) is 9.55 Å². The van der Waals surface area contributed by atoms with Crippen molar-refractivity contribution in [3.63, 3.8) is 0 Å². The minimum absolute atomic E-state index is 0.100. The van der Waals surface area contributed by atoms with Crippen LogP contribution in [0.2, 0.25) is 0 Å². The third-order valence-electron chi connectivity index (χ3n) is 5.66. The van der Waals surface area contributed by atoms with Gasteiger partial charge in [-0.1, -0.05) is 30.0 Å². The van der Waals surface area contributed by atoms with E-state index in [2.05, 4.69) is 16.8 Å². The molecule has 1 aliphatic rings. The lowest BCUT2D eigenvalue weighted by molar-refractivity contribution is -0.0759. The number of imidazole rings is 1. The first-order valence-electron chi connectivity index (χ1n) is 11.1. The van der Waals surface area contributed by atoms with Crippen LogP contribution in [0.3, 0.4) is 0 Å². The lowest BCUT2D eigenvalue weighted by atomic mass is 10.0. The maximum Gasteiger partial charge on any atom is 0.165 e. The normalized spacial score (nSPS) is 19.7. The first-order chi connectivity index (χ1) is 16.5. The third-order valence-corrected chi connectivity index (χ3v) is 5.66. The van der Waals surface area contributed by atoms with E-state index in [1.165, 1.54) is 6.07 Å². The Morgan fingerprint density at radius 2 is 2.00 bits per heavy atom. The monoisotopic (exact) mass is 466 g/mol. The second-order valence-corrected chi connectivity index (χ2v) is 8.15. The van der Waals surface area contributed by atoms with E-state index in [0.717, 1.165) is 11.1 Å². The molecule has 178 valence electrons. The zero-order valence-corrected chi connectivity index (χ0v) is 18.8. The minimum Gasteiger partial charge on any atom is -0.484 e. The molecule has 1 saturated heterocycles. The molecule has 2 aromatic carbocycles. The molecule has 1 aromatic heterocycles. The van der Waals surface area contributed by atoms with Gasteiger partial charge in [-0.25, -0.2) is 9.37 Å². The summed E-state index contributed by atoms with van der Waals surface area (Å²) in [7, 11) is 0. The maximum atomic E-state index is 14.7. The predicted octanol–water partition coefficient (Wildman–Crippen LogP) is 2.86. The van der Waals surface area contributed by atoms with Gasteiger partial charge < -0.3 is 29.4 Å². The molecule has 0 unspecified atom stereocenters. The molecule has 0 amide bonds. The summed E-state index contributed by atoms with van der Waals surface area (Å²) in [5.41, 5.74) is 2.23. The van der Waals surface area contributed by atoms with Crippen LogP contribution in [0.1, 0.15) is 36.9 Å². The highest BCUT2D eigenvalue weighted by atomic mass is 19.1. The molecule has 1 aliphatic heterocycles. The molecular formula is C26H27FN2O5. The molecule has 2 heterocycles. The quantitative estimate of drug-likeness (QED) is 0.484. The first-order valence-corrected chi connectivity index (χ1v) is 11.1. The van der Waals surface area contributed by atoms with Gasteiger partial charge >= 0.3 is 0 Å². The van der Waals surface area contributed by atoms with Crippen molar-refractivity contribution in [2.45, 2.75) is 37.7 Å². The van der Waals surface area contributed by atoms with Gasteiger partial charge in [0.1, 0.15) is 30.2 Å². The molecule has 3 N–H and O–H groups in total. The van der Waals surface area contributed by atoms with E-state index in [1.807, 2.05) is 24.3 Å². The number of aromatic nitrogens is 2. The highest BCUT2D eigenvalue weighted by Gasteiger charge is 2.26. The topological polar surface area (TPSA) is 97.0 Å². The molecule has 0 bridgehead atoms. The summed E-state index contributed by atoms with van der Waals surface area (Å²) in [4.78, 5) is 4.11. The lowest BCUT2D eigenvalue weighted by Crippen LogP contribution is -2.40. The highest BCUT2D eigenvalue weighted by molar-refractivity contribution is 5.65. The van der Waals surface area contributed by atoms with Crippen LogP contribution in [0, 0.1) is 17.7 Å². The molecule has 34 heavy (non-hydrogen) atoms. The van der Waals surface area contributed by atoms with E-state index in [9.17, 15) is 19.7 Å². The molecule has 7 nitrogen and oxygen atoms in total. The fourth-order valence-corrected chi connectivity index (χ4v) is 3.81. The predicted molar refractivity (Wildman–Crippen MR) is 124 cm³/mol. The van der Waals surface area contributed by atoms with Crippen LogP contribution < -0.4 is 4.74 Å². The number of nitrogens with zero attached hydrogens (tertiary/aromatic N) is 2. The van der Waals surface area contributed by atoms with Gasteiger partial charge in [-0.15, -0.1) is 0 Å². The molecule has 4 atom stereocenters. The third kappa shape index (κ3) is 5.46. The van der Waals surface area contributed by atoms with Gasteiger partial charge in [0.2, 0.25) is 0 Å². The van der Waals surface area contributed by atoms with Crippen molar-refractivity contribution in [3.8, 4) is 28.7 Å². The van der Waals surface area contributed by atoms with Gasteiger partial charge in [0.25, 0.3) is 0 Å². The smallest absolute Gasteiger partial charge is 0.165 e. The Balaban J connectivity index is 1.46. The summed E-state index contributed by atoms with van der Waals surface area (Å²) in [5, 5.41) is 29.5. The Morgan fingerprint density at radius 3 is 2.68 bits per heavy atom. The number of halogens is 1. The van der Waals surface area contributed by atoms with E-state index in [-0.39, 0.29) is 19.0 Å². The number of hydrogen-bond acceptors (Lipinski definition) is 6. The molecule has 3 aromatic rings. The van der Waals surface area contributed by atoms with Crippen molar-refractivity contribution in [2.75, 3.05) is 19.8 Å². The molecule has 0 spiro atoms. The Labute approximate surface area is 197 Å². The van der Waals surface area contributed by atoms with Crippen LogP contribution in [0.15, 0.2) is 54.9 Å². The van der Waals surface area contributed by atoms with E-state index in [4.69, 9.17) is 9.47 Å². The zero-order chi connectivity index (χ0) is 24.1. The number of ether oxygens (including phenoxy) is 2. The second kappa shape index (κ2) is 10.8. The van der Waals surface area contributed by atoms with Gasteiger partial charge in [0.05, 0.1) is 19.8 Å². The van der Waals surface area contributed by atoms with E-state index < -0.39 is 30.2 Å². The Bertz CT molecular complexity index is 1170. The van der Waals surface area contributed by atoms with Crippen molar-refractivity contribution in [1.29, 1.82) is 0 Å². The summed E-state index contributed by atoms with van der Waals surface area (Å²) in [5.74, 6) is 6.07. The standard InChI is InChI=1S/C26H27FN2O5/c1-17(31)26-28-11-12-29(26)21(15-30)8-4-18-2-5-19(6-3-18)20-7-9-24(22(27)14-20)34-25-10-13-33-16-23(25)32/h2-3,5-7,9,11-12,14,17,21,23,25,30-32H,10,13,15-16H2,1H3/t17-,21-,23+,25+/m0/s1. The van der Waals surface area contributed by atoms with Crippen LogP contribution in [0.5, 0.6) is 5.75 Å². The Kier molecular flexibility index (Phi) is 7.60. The lowest BCUT2D eigenvalue weighted by Gasteiger charge is -2.28. The van der Waals surface area contributed by atoms with Crippen LogP contribution in [0.4, 0.5) is 4.39 Å². The van der Waals surface area contributed by atoms with Crippen molar-refractivity contribution < 1.29 is 29.2 Å². The van der Waals surface area contributed by atoms with E-state index in [1.54, 1.807) is 36.0 Å². The summed E-state index contributed by atoms with van der Waals surface area (Å²) < 4.78 is 27.1. The van der Waals surface area contributed by atoms with Crippen molar-refractivity contribution in [3.05, 3.63) is 72.1 Å². The fourth-order valence-electron chi connectivity index (χ4n) is 3.81. The maximum absolute atomic E-state index is 14.7. The molecule has 0 radical (unpaired) electrons. The molecular weight excluding hydrogens is 439 g/mol. The number of rotatable bonds is 6. The number of aliphatic hydroxyl groups is 3. The fraction of sp³-hybridized carbons (Fsp3) is 0.346. The summed E-state index contributed by atoms with van der Waals surface area (Å²) in [6, 6.07) is 11.5. The van der Waals surface area contributed by atoms with Crippen LogP contribution >= 0.6 is 0 Å². The molecule has 1 fully saturated rings. The van der Waals surface area contributed by atoms with E-state index in [0.29, 0.717) is 24.4 Å². The first kappa shape index (κ1) is 23.9. The van der Waals surface area contributed by atoms with Crippen LogP contribution in [-0.4, -0.2) is 56.9 Å². The molecule has 4 rings (SSSR count). The molecule has 0 aliphatic carbocycles. The SMILES string of the molecule is C[C@H](O)c1nccn1[C@@H](C#Cc1ccc(-c2ccc(O[C@@H]3CCOC[C@H]3O)c(F)c2)cc1)CO. The van der Waals surface area contributed by atoms with E-state index >= 15 is 0 Å². The molecule has 0 saturated carbocycles. The van der Waals surface area contributed by atoms with Gasteiger partial charge in [0, 0.05) is 24.4 Å².